The number of rotatable bonds is 5. The lowest BCUT2D eigenvalue weighted by Gasteiger charge is -2.12. The Morgan fingerprint density at radius 3 is 2.48 bits per heavy atom. The summed E-state index contributed by atoms with van der Waals surface area (Å²) in [5.74, 6) is -1.54. The van der Waals surface area contributed by atoms with Crippen LogP contribution >= 0.6 is 0 Å². The van der Waals surface area contributed by atoms with Crippen molar-refractivity contribution in [1.82, 2.24) is 18.9 Å². The molecule has 0 saturated carbocycles. The largest absolute Gasteiger partial charge is 0.332 e. The number of aromatic nitrogens is 4. The minimum Gasteiger partial charge on any atom is -0.324 e. The zero-order chi connectivity index (χ0) is 22.1. The Morgan fingerprint density at radius 1 is 1.03 bits per heavy atom. The predicted octanol–water partition coefficient (Wildman–Crippen LogP) is 1.86. The Hall–Kier alpha value is -4.08. The first-order valence-corrected chi connectivity index (χ1v) is 9.28. The van der Waals surface area contributed by atoms with Gasteiger partial charge in [0.25, 0.3) is 5.56 Å². The third-order valence-corrected chi connectivity index (χ3v) is 4.67. The summed E-state index contributed by atoms with van der Waals surface area (Å²) >= 11 is 0. The monoisotopic (exact) mass is 425 g/mol. The lowest BCUT2D eigenvalue weighted by molar-refractivity contribution is -0.116. The lowest BCUT2D eigenvalue weighted by atomic mass is 10.2. The third kappa shape index (κ3) is 4.13. The number of aryl methyl sites for hydroxylation is 1. The molecule has 8 nitrogen and oxygen atoms in total. The fourth-order valence-electron chi connectivity index (χ4n) is 3.26. The van der Waals surface area contributed by atoms with Gasteiger partial charge in [-0.2, -0.15) is 5.10 Å². The summed E-state index contributed by atoms with van der Waals surface area (Å²) in [5.41, 5.74) is -0.354. The molecular weight excluding hydrogens is 408 g/mol. The van der Waals surface area contributed by atoms with Gasteiger partial charge in [-0.3, -0.25) is 23.4 Å². The van der Waals surface area contributed by atoms with Crippen LogP contribution in [0.15, 0.2) is 64.3 Å². The second-order valence-electron chi connectivity index (χ2n) is 6.98. The van der Waals surface area contributed by atoms with Crippen LogP contribution in [0, 0.1) is 11.6 Å². The van der Waals surface area contributed by atoms with E-state index in [4.69, 9.17) is 0 Å². The van der Waals surface area contributed by atoms with Gasteiger partial charge in [0.15, 0.2) is 5.52 Å². The first kappa shape index (κ1) is 20.2. The number of hydrogen-bond acceptors (Lipinski definition) is 4. The maximum Gasteiger partial charge on any atom is 0.332 e. The Bertz CT molecular complexity index is 1400. The lowest BCUT2D eigenvalue weighted by Crippen LogP contribution is -2.41. The number of nitrogens with one attached hydrogen (secondary N) is 1. The Kier molecular flexibility index (Phi) is 5.20. The molecule has 0 unspecified atom stereocenters. The van der Waals surface area contributed by atoms with Crippen molar-refractivity contribution >= 4 is 22.6 Å². The number of carbonyl (C=O) groups is 1. The summed E-state index contributed by atoms with van der Waals surface area (Å²) in [4.78, 5) is 38.5. The molecule has 0 aliphatic rings. The van der Waals surface area contributed by atoms with Gasteiger partial charge in [-0.25, -0.2) is 13.6 Å². The number of nitrogens with zero attached hydrogens (tertiary/aromatic N) is 4. The molecule has 0 aliphatic carbocycles. The molecule has 2 aromatic heterocycles. The molecule has 0 saturated heterocycles. The number of anilines is 1. The number of carbonyl (C=O) groups excluding carboxylic acids is 1. The van der Waals surface area contributed by atoms with Crippen LogP contribution < -0.4 is 16.6 Å². The normalized spacial score (nSPS) is 11.1. The minimum absolute atomic E-state index is 0.0165. The Labute approximate surface area is 174 Å². The first-order chi connectivity index (χ1) is 14.8. The molecule has 2 aromatic carbocycles. The average Bonchev–Trinajstić information content (AvgIpc) is 3.12. The first-order valence-electron chi connectivity index (χ1n) is 9.28. The van der Waals surface area contributed by atoms with Gasteiger partial charge in [-0.15, -0.1) is 0 Å². The molecule has 2 heterocycles. The summed E-state index contributed by atoms with van der Waals surface area (Å²) in [6.07, 6.45) is 1.47. The smallest absolute Gasteiger partial charge is 0.324 e. The highest BCUT2D eigenvalue weighted by Gasteiger charge is 2.18. The quantitative estimate of drug-likeness (QED) is 0.529. The van der Waals surface area contributed by atoms with Gasteiger partial charge < -0.3 is 5.32 Å². The van der Waals surface area contributed by atoms with E-state index in [0.717, 1.165) is 15.2 Å². The van der Waals surface area contributed by atoms with Crippen molar-refractivity contribution in [2.75, 3.05) is 5.32 Å². The topological polar surface area (TPSA) is 90.9 Å². The molecular formula is C21H17F2N5O3. The highest BCUT2D eigenvalue weighted by atomic mass is 19.1. The SMILES string of the molecule is Cn1cc2c(n1)c(=O)n(Cc1ccc(F)cc1)c(=O)n2CC(=O)Nc1cccc(F)c1. The minimum atomic E-state index is -0.718. The van der Waals surface area contributed by atoms with E-state index in [1.54, 1.807) is 7.05 Å². The van der Waals surface area contributed by atoms with Crippen LogP contribution in [0.5, 0.6) is 0 Å². The van der Waals surface area contributed by atoms with E-state index >= 15 is 0 Å². The summed E-state index contributed by atoms with van der Waals surface area (Å²) in [6.45, 7) is -0.531. The number of amides is 1. The molecule has 0 fully saturated rings. The van der Waals surface area contributed by atoms with E-state index in [1.165, 1.54) is 53.3 Å². The molecule has 158 valence electrons. The third-order valence-electron chi connectivity index (χ3n) is 4.67. The van der Waals surface area contributed by atoms with Crippen LogP contribution in [0.25, 0.3) is 11.0 Å². The van der Waals surface area contributed by atoms with Crippen molar-refractivity contribution in [2.24, 2.45) is 7.05 Å². The van der Waals surface area contributed by atoms with Gasteiger partial charge in [0, 0.05) is 18.9 Å². The predicted molar refractivity (Wildman–Crippen MR) is 110 cm³/mol. The van der Waals surface area contributed by atoms with Gasteiger partial charge in [0.1, 0.15) is 18.2 Å². The van der Waals surface area contributed by atoms with Crippen LogP contribution in [0.2, 0.25) is 0 Å². The van der Waals surface area contributed by atoms with Crippen LogP contribution in [-0.4, -0.2) is 24.8 Å². The molecule has 0 spiro atoms. The van der Waals surface area contributed by atoms with Crippen LogP contribution in [-0.2, 0) is 24.9 Å². The second-order valence-corrected chi connectivity index (χ2v) is 6.98. The van der Waals surface area contributed by atoms with E-state index in [0.29, 0.717) is 5.56 Å². The van der Waals surface area contributed by atoms with Gasteiger partial charge in [-0.1, -0.05) is 18.2 Å². The number of fused-ring (bicyclic) bond motifs is 1. The van der Waals surface area contributed by atoms with E-state index in [9.17, 15) is 23.2 Å². The van der Waals surface area contributed by atoms with Crippen molar-refractivity contribution in [2.45, 2.75) is 13.1 Å². The highest BCUT2D eigenvalue weighted by Crippen LogP contribution is 2.11. The van der Waals surface area contributed by atoms with Gasteiger partial charge in [0.05, 0.1) is 12.1 Å². The molecule has 1 amide bonds. The fraction of sp³-hybridized carbons (Fsp3) is 0.143. The average molecular weight is 425 g/mol. The Morgan fingerprint density at radius 2 is 1.77 bits per heavy atom. The van der Waals surface area contributed by atoms with E-state index in [2.05, 4.69) is 10.4 Å². The van der Waals surface area contributed by atoms with Crippen LogP contribution in [0.3, 0.4) is 0 Å². The molecule has 0 atom stereocenters. The molecule has 4 rings (SSSR count). The standard InChI is InChI=1S/C21H17F2N5O3/c1-26-11-17-19(25-26)20(30)28(10-13-5-7-14(22)8-6-13)21(31)27(17)12-18(29)24-16-4-2-3-15(23)9-16/h2-9,11H,10,12H2,1H3,(H,24,29). The van der Waals surface area contributed by atoms with Crippen molar-refractivity contribution in [3.63, 3.8) is 0 Å². The molecule has 1 N–H and O–H groups in total. The van der Waals surface area contributed by atoms with E-state index < -0.39 is 35.3 Å². The Balaban J connectivity index is 1.75. The summed E-state index contributed by atoms with van der Waals surface area (Å²) < 4.78 is 30.0. The van der Waals surface area contributed by atoms with Gasteiger partial charge in [-0.05, 0) is 35.9 Å². The van der Waals surface area contributed by atoms with Crippen molar-refractivity contribution in [3.05, 3.63) is 92.8 Å². The van der Waals surface area contributed by atoms with Crippen LogP contribution in [0.4, 0.5) is 14.5 Å². The van der Waals surface area contributed by atoms with E-state index in [-0.39, 0.29) is 23.3 Å². The van der Waals surface area contributed by atoms with Gasteiger partial charge in [0.2, 0.25) is 5.91 Å². The summed E-state index contributed by atoms with van der Waals surface area (Å²) in [6, 6.07) is 10.7. The number of hydrogen-bond donors (Lipinski definition) is 1. The molecule has 0 aliphatic heterocycles. The van der Waals surface area contributed by atoms with Crippen molar-refractivity contribution in [1.29, 1.82) is 0 Å². The maximum absolute atomic E-state index is 13.4. The summed E-state index contributed by atoms with van der Waals surface area (Å²) in [5, 5.41) is 6.64. The van der Waals surface area contributed by atoms with Crippen molar-refractivity contribution < 1.29 is 13.6 Å². The molecule has 0 radical (unpaired) electrons. The maximum atomic E-state index is 13.4. The van der Waals surface area contributed by atoms with Gasteiger partial charge >= 0.3 is 5.69 Å². The van der Waals surface area contributed by atoms with Crippen molar-refractivity contribution in [3.8, 4) is 0 Å². The number of benzene rings is 2. The molecule has 31 heavy (non-hydrogen) atoms. The molecule has 4 aromatic rings. The zero-order valence-electron chi connectivity index (χ0n) is 16.4. The zero-order valence-corrected chi connectivity index (χ0v) is 16.4. The fourth-order valence-corrected chi connectivity index (χ4v) is 3.26. The van der Waals surface area contributed by atoms with Crippen LogP contribution in [0.1, 0.15) is 5.56 Å². The molecule has 10 heteroatoms. The second kappa shape index (κ2) is 7.98. The van der Waals surface area contributed by atoms with E-state index in [1.807, 2.05) is 0 Å². The number of halogens is 2. The highest BCUT2D eigenvalue weighted by molar-refractivity contribution is 5.91. The summed E-state index contributed by atoms with van der Waals surface area (Å²) in [7, 11) is 1.59. The molecule has 0 bridgehead atoms.